The van der Waals surface area contributed by atoms with Crippen molar-refractivity contribution in [3.63, 3.8) is 0 Å². The first-order chi connectivity index (χ1) is 6.04. The van der Waals surface area contributed by atoms with Crippen LogP contribution in [0.1, 0.15) is 20.3 Å². The van der Waals surface area contributed by atoms with Crippen LogP contribution >= 0.6 is 0 Å². The molecule has 0 aliphatic heterocycles. The van der Waals surface area contributed by atoms with E-state index in [1.165, 1.54) is 0 Å². The number of hydrogen-bond acceptors (Lipinski definition) is 3. The maximum absolute atomic E-state index is 11.5. The SMILES string of the molecule is CC(CN)C(=O)N(C)C(C)CC#N. The lowest BCUT2D eigenvalue weighted by molar-refractivity contribution is -0.135. The standard InChI is InChI=1S/C9H17N3O/c1-7(6-11)9(13)12(3)8(2)4-5-10/h7-8H,4,6,11H2,1-3H3. The summed E-state index contributed by atoms with van der Waals surface area (Å²) >= 11 is 0. The van der Waals surface area contributed by atoms with Gasteiger partial charge in [-0.05, 0) is 6.92 Å². The van der Waals surface area contributed by atoms with Gasteiger partial charge in [0.1, 0.15) is 0 Å². The molecule has 0 spiro atoms. The van der Waals surface area contributed by atoms with Crippen LogP contribution < -0.4 is 5.73 Å². The Morgan fingerprint density at radius 2 is 2.15 bits per heavy atom. The van der Waals surface area contributed by atoms with Gasteiger partial charge in [-0.1, -0.05) is 6.92 Å². The van der Waals surface area contributed by atoms with Gasteiger partial charge in [-0.3, -0.25) is 4.79 Å². The van der Waals surface area contributed by atoms with Crippen LogP contribution in [0.5, 0.6) is 0 Å². The molecule has 74 valence electrons. The van der Waals surface area contributed by atoms with Crippen LogP contribution in [0.4, 0.5) is 0 Å². The molecule has 0 aliphatic rings. The molecule has 0 aromatic heterocycles. The molecule has 4 heteroatoms. The highest BCUT2D eigenvalue weighted by Gasteiger charge is 2.19. The molecule has 2 unspecified atom stereocenters. The predicted molar refractivity (Wildman–Crippen MR) is 50.7 cm³/mol. The molecule has 0 aromatic carbocycles. The number of rotatable bonds is 4. The molecule has 13 heavy (non-hydrogen) atoms. The molecule has 0 rings (SSSR count). The van der Waals surface area contributed by atoms with Gasteiger partial charge in [-0.25, -0.2) is 0 Å². The molecule has 0 aliphatic carbocycles. The topological polar surface area (TPSA) is 70.1 Å². The fourth-order valence-corrected chi connectivity index (χ4v) is 0.935. The molecule has 0 radical (unpaired) electrons. The van der Waals surface area contributed by atoms with E-state index in [1.807, 2.05) is 13.0 Å². The number of nitrogens with zero attached hydrogens (tertiary/aromatic N) is 2. The summed E-state index contributed by atoms with van der Waals surface area (Å²) < 4.78 is 0. The minimum atomic E-state index is -0.161. The quantitative estimate of drug-likeness (QED) is 0.683. The molecular weight excluding hydrogens is 166 g/mol. The van der Waals surface area contributed by atoms with Gasteiger partial charge in [-0.2, -0.15) is 5.26 Å². The zero-order valence-electron chi connectivity index (χ0n) is 8.45. The largest absolute Gasteiger partial charge is 0.342 e. The van der Waals surface area contributed by atoms with Crippen molar-refractivity contribution in [2.75, 3.05) is 13.6 Å². The molecule has 1 amide bonds. The van der Waals surface area contributed by atoms with E-state index in [1.54, 1.807) is 18.9 Å². The number of nitriles is 1. The summed E-state index contributed by atoms with van der Waals surface area (Å²) in [6, 6.07) is 2.00. The van der Waals surface area contributed by atoms with Crippen LogP contribution in [-0.2, 0) is 4.79 Å². The van der Waals surface area contributed by atoms with Crippen LogP contribution in [0.25, 0.3) is 0 Å². The average molecular weight is 183 g/mol. The van der Waals surface area contributed by atoms with Crippen LogP contribution in [0, 0.1) is 17.2 Å². The van der Waals surface area contributed by atoms with Crippen LogP contribution in [-0.4, -0.2) is 30.4 Å². The summed E-state index contributed by atoms with van der Waals surface area (Å²) in [5.74, 6) is -0.156. The van der Waals surface area contributed by atoms with Gasteiger partial charge < -0.3 is 10.6 Å². The third kappa shape index (κ3) is 3.43. The minimum Gasteiger partial charge on any atom is -0.342 e. The third-order valence-corrected chi connectivity index (χ3v) is 2.17. The van der Waals surface area contributed by atoms with Crippen LogP contribution in [0.15, 0.2) is 0 Å². The Morgan fingerprint density at radius 1 is 1.62 bits per heavy atom. The zero-order valence-corrected chi connectivity index (χ0v) is 8.45. The Hall–Kier alpha value is -1.08. The van der Waals surface area contributed by atoms with Crippen molar-refractivity contribution in [2.24, 2.45) is 11.7 Å². The maximum Gasteiger partial charge on any atom is 0.226 e. The lowest BCUT2D eigenvalue weighted by Crippen LogP contribution is -2.40. The van der Waals surface area contributed by atoms with Gasteiger partial charge in [0.05, 0.1) is 12.5 Å². The summed E-state index contributed by atoms with van der Waals surface area (Å²) in [7, 11) is 1.70. The summed E-state index contributed by atoms with van der Waals surface area (Å²) in [6.07, 6.45) is 0.361. The third-order valence-electron chi connectivity index (χ3n) is 2.17. The van der Waals surface area contributed by atoms with E-state index in [0.29, 0.717) is 13.0 Å². The summed E-state index contributed by atoms with van der Waals surface area (Å²) in [5, 5.41) is 8.45. The molecule has 0 saturated heterocycles. The van der Waals surface area contributed by atoms with E-state index in [-0.39, 0.29) is 17.9 Å². The van der Waals surface area contributed by atoms with E-state index in [9.17, 15) is 4.79 Å². The number of amides is 1. The Kier molecular flexibility index (Phi) is 5.09. The molecule has 0 bridgehead atoms. The summed E-state index contributed by atoms with van der Waals surface area (Å²) in [5.41, 5.74) is 5.37. The Labute approximate surface area is 79.3 Å². The normalized spacial score (nSPS) is 14.4. The lowest BCUT2D eigenvalue weighted by atomic mass is 10.1. The zero-order chi connectivity index (χ0) is 10.4. The van der Waals surface area contributed by atoms with Crippen molar-refractivity contribution in [1.29, 1.82) is 5.26 Å². The Morgan fingerprint density at radius 3 is 2.54 bits per heavy atom. The van der Waals surface area contributed by atoms with E-state index in [2.05, 4.69) is 0 Å². The van der Waals surface area contributed by atoms with Gasteiger partial charge in [0.15, 0.2) is 0 Å². The number of hydrogen-bond donors (Lipinski definition) is 1. The van der Waals surface area contributed by atoms with E-state index in [4.69, 9.17) is 11.0 Å². The van der Waals surface area contributed by atoms with Gasteiger partial charge in [0.25, 0.3) is 0 Å². The van der Waals surface area contributed by atoms with E-state index in [0.717, 1.165) is 0 Å². The van der Waals surface area contributed by atoms with Crippen molar-refractivity contribution in [1.82, 2.24) is 4.90 Å². The van der Waals surface area contributed by atoms with E-state index < -0.39 is 0 Å². The monoisotopic (exact) mass is 183 g/mol. The fourth-order valence-electron chi connectivity index (χ4n) is 0.935. The highest BCUT2D eigenvalue weighted by molar-refractivity contribution is 5.78. The first-order valence-electron chi connectivity index (χ1n) is 4.38. The second kappa shape index (κ2) is 5.55. The fraction of sp³-hybridized carbons (Fsp3) is 0.778. The number of carbonyl (C=O) groups excluding carboxylic acids is 1. The second-order valence-electron chi connectivity index (χ2n) is 3.30. The van der Waals surface area contributed by atoms with Crippen molar-refractivity contribution in [3.8, 4) is 6.07 Å². The lowest BCUT2D eigenvalue weighted by Gasteiger charge is -2.25. The van der Waals surface area contributed by atoms with Crippen molar-refractivity contribution < 1.29 is 4.79 Å². The van der Waals surface area contributed by atoms with Crippen LogP contribution in [0.3, 0.4) is 0 Å². The van der Waals surface area contributed by atoms with Crippen molar-refractivity contribution >= 4 is 5.91 Å². The molecule has 2 atom stereocenters. The molecule has 0 saturated carbocycles. The van der Waals surface area contributed by atoms with Crippen LogP contribution in [0.2, 0.25) is 0 Å². The van der Waals surface area contributed by atoms with Gasteiger partial charge in [-0.15, -0.1) is 0 Å². The van der Waals surface area contributed by atoms with Crippen molar-refractivity contribution in [2.45, 2.75) is 26.3 Å². The summed E-state index contributed by atoms with van der Waals surface area (Å²) in [4.78, 5) is 13.1. The smallest absolute Gasteiger partial charge is 0.226 e. The maximum atomic E-state index is 11.5. The molecular formula is C9H17N3O. The summed E-state index contributed by atoms with van der Waals surface area (Å²) in [6.45, 7) is 3.99. The van der Waals surface area contributed by atoms with Gasteiger partial charge in [0.2, 0.25) is 5.91 Å². The molecule has 0 fully saturated rings. The first-order valence-corrected chi connectivity index (χ1v) is 4.38. The Bertz CT molecular complexity index is 209. The predicted octanol–water partition coefficient (Wildman–Crippen LogP) is 0.342. The van der Waals surface area contributed by atoms with Gasteiger partial charge >= 0.3 is 0 Å². The highest BCUT2D eigenvalue weighted by atomic mass is 16.2. The number of nitrogens with two attached hydrogens (primary N) is 1. The van der Waals surface area contributed by atoms with Gasteiger partial charge in [0, 0.05) is 25.6 Å². The second-order valence-corrected chi connectivity index (χ2v) is 3.30. The molecule has 2 N–H and O–H groups in total. The first kappa shape index (κ1) is 11.9. The average Bonchev–Trinajstić information content (AvgIpc) is 2.14. The number of carbonyl (C=O) groups is 1. The molecule has 4 nitrogen and oxygen atoms in total. The highest BCUT2D eigenvalue weighted by Crippen LogP contribution is 2.05. The molecule has 0 aromatic rings. The minimum absolute atomic E-state index is 0.00486. The Balaban J connectivity index is 4.18. The van der Waals surface area contributed by atoms with Crippen molar-refractivity contribution in [3.05, 3.63) is 0 Å². The molecule has 0 heterocycles. The van der Waals surface area contributed by atoms with E-state index >= 15 is 0 Å².